The molecule has 0 aromatic heterocycles. The van der Waals surface area contributed by atoms with Crippen molar-refractivity contribution in [2.24, 2.45) is 5.73 Å². The van der Waals surface area contributed by atoms with E-state index in [-0.39, 0.29) is 6.04 Å². The predicted molar refractivity (Wildman–Crippen MR) is 61.5 cm³/mol. The Morgan fingerprint density at radius 3 is 2.80 bits per heavy atom. The van der Waals surface area contributed by atoms with Crippen LogP contribution in [0.5, 0.6) is 0 Å². The van der Waals surface area contributed by atoms with Crippen molar-refractivity contribution in [3.8, 4) is 0 Å². The molecule has 1 aliphatic rings. The molecule has 15 heavy (non-hydrogen) atoms. The van der Waals surface area contributed by atoms with Crippen molar-refractivity contribution >= 4 is 0 Å². The second-order valence-corrected chi connectivity index (χ2v) is 4.01. The van der Waals surface area contributed by atoms with Crippen LogP contribution in [-0.2, 0) is 4.74 Å². The topological polar surface area (TPSA) is 35.2 Å². The highest BCUT2D eigenvalue weighted by molar-refractivity contribution is 5.38. The zero-order valence-electron chi connectivity index (χ0n) is 9.29. The van der Waals surface area contributed by atoms with Crippen LogP contribution in [0.4, 0.5) is 0 Å². The Bertz CT molecular complexity index is 396. The largest absolute Gasteiger partial charge is 0.496 e. The Labute approximate surface area is 90.7 Å². The first-order valence-electron chi connectivity index (χ1n) is 5.34. The molecule has 1 aromatic carbocycles. The Kier molecular flexibility index (Phi) is 2.78. The van der Waals surface area contributed by atoms with Crippen molar-refractivity contribution in [3.63, 3.8) is 0 Å². The van der Waals surface area contributed by atoms with Gasteiger partial charge in [0.15, 0.2) is 0 Å². The fraction of sp³-hybridized carbons (Fsp3) is 0.385. The number of benzene rings is 1. The lowest BCUT2D eigenvalue weighted by atomic mass is 9.97. The highest BCUT2D eigenvalue weighted by atomic mass is 16.5. The molecule has 0 saturated carbocycles. The van der Waals surface area contributed by atoms with Gasteiger partial charge in [0.25, 0.3) is 0 Å². The molecule has 0 saturated heterocycles. The smallest absolute Gasteiger partial charge is 0.113 e. The van der Waals surface area contributed by atoms with E-state index >= 15 is 0 Å². The summed E-state index contributed by atoms with van der Waals surface area (Å²) in [6, 6.07) is 6.13. The van der Waals surface area contributed by atoms with Crippen LogP contribution in [0.2, 0.25) is 0 Å². The molecule has 0 spiro atoms. The summed E-state index contributed by atoms with van der Waals surface area (Å²) in [7, 11) is 0. The molecule has 0 bridgehead atoms. The van der Waals surface area contributed by atoms with E-state index in [0.29, 0.717) is 0 Å². The molecule has 2 N–H and O–H groups in total. The van der Waals surface area contributed by atoms with E-state index in [1.807, 2.05) is 6.07 Å². The number of hydrogen-bond acceptors (Lipinski definition) is 2. The van der Waals surface area contributed by atoms with E-state index in [9.17, 15) is 0 Å². The first kappa shape index (κ1) is 10.2. The molecule has 1 aliphatic heterocycles. The second-order valence-electron chi connectivity index (χ2n) is 4.01. The van der Waals surface area contributed by atoms with Gasteiger partial charge in [-0.25, -0.2) is 0 Å². The van der Waals surface area contributed by atoms with Gasteiger partial charge in [0.05, 0.1) is 12.6 Å². The van der Waals surface area contributed by atoms with Crippen molar-refractivity contribution < 1.29 is 4.74 Å². The summed E-state index contributed by atoms with van der Waals surface area (Å²) >= 11 is 0. The van der Waals surface area contributed by atoms with Gasteiger partial charge in [-0.05, 0) is 36.6 Å². The standard InChI is InChI=1S/C13H17NO/c1-9-5-3-6-11(10(9)2)13(14)12-7-4-8-15-12/h3,5-7,13H,4,8,14H2,1-2H3. The van der Waals surface area contributed by atoms with E-state index in [1.54, 1.807) is 0 Å². The van der Waals surface area contributed by atoms with Crippen LogP contribution in [0.1, 0.15) is 29.2 Å². The van der Waals surface area contributed by atoms with Gasteiger partial charge in [0.1, 0.15) is 5.76 Å². The Hall–Kier alpha value is -1.28. The van der Waals surface area contributed by atoms with Crippen LogP contribution < -0.4 is 5.73 Å². The van der Waals surface area contributed by atoms with Gasteiger partial charge in [-0.3, -0.25) is 0 Å². The average Bonchev–Trinajstić information content (AvgIpc) is 2.74. The van der Waals surface area contributed by atoms with E-state index in [2.05, 4.69) is 32.1 Å². The zero-order valence-corrected chi connectivity index (χ0v) is 9.29. The minimum absolute atomic E-state index is 0.104. The molecule has 0 radical (unpaired) electrons. The molecule has 2 rings (SSSR count). The molecule has 1 unspecified atom stereocenters. The van der Waals surface area contributed by atoms with Crippen molar-refractivity contribution in [2.45, 2.75) is 26.3 Å². The third-order valence-corrected chi connectivity index (χ3v) is 3.02. The normalized spacial score (nSPS) is 17.1. The molecule has 1 atom stereocenters. The van der Waals surface area contributed by atoms with Gasteiger partial charge in [-0.15, -0.1) is 0 Å². The highest BCUT2D eigenvalue weighted by Crippen LogP contribution is 2.27. The fourth-order valence-corrected chi connectivity index (χ4v) is 1.92. The SMILES string of the molecule is Cc1cccc(C(N)C2=CCCO2)c1C. The minimum atomic E-state index is -0.104. The van der Waals surface area contributed by atoms with Crippen LogP contribution in [0, 0.1) is 13.8 Å². The van der Waals surface area contributed by atoms with Gasteiger partial charge in [0, 0.05) is 6.42 Å². The van der Waals surface area contributed by atoms with Gasteiger partial charge in [-0.2, -0.15) is 0 Å². The molecule has 0 fully saturated rings. The lowest BCUT2D eigenvalue weighted by molar-refractivity contribution is 0.225. The fourth-order valence-electron chi connectivity index (χ4n) is 1.92. The summed E-state index contributed by atoms with van der Waals surface area (Å²) < 4.78 is 5.50. The van der Waals surface area contributed by atoms with Crippen LogP contribution >= 0.6 is 0 Å². The lowest BCUT2D eigenvalue weighted by Gasteiger charge is -2.17. The maximum atomic E-state index is 6.18. The van der Waals surface area contributed by atoms with Crippen molar-refractivity contribution in [1.29, 1.82) is 0 Å². The Morgan fingerprint density at radius 1 is 1.33 bits per heavy atom. The van der Waals surface area contributed by atoms with Crippen LogP contribution in [0.25, 0.3) is 0 Å². The van der Waals surface area contributed by atoms with Crippen LogP contribution in [0.3, 0.4) is 0 Å². The van der Waals surface area contributed by atoms with E-state index < -0.39 is 0 Å². The molecule has 0 aliphatic carbocycles. The van der Waals surface area contributed by atoms with Gasteiger partial charge < -0.3 is 10.5 Å². The van der Waals surface area contributed by atoms with Gasteiger partial charge in [0.2, 0.25) is 0 Å². The maximum absolute atomic E-state index is 6.18. The predicted octanol–water partition coefficient (Wildman–Crippen LogP) is 2.61. The van der Waals surface area contributed by atoms with Crippen molar-refractivity contribution in [3.05, 3.63) is 46.7 Å². The minimum Gasteiger partial charge on any atom is -0.496 e. The summed E-state index contributed by atoms with van der Waals surface area (Å²) in [6.45, 7) is 4.99. The van der Waals surface area contributed by atoms with E-state index in [0.717, 1.165) is 18.8 Å². The number of hydrogen-bond donors (Lipinski definition) is 1. The van der Waals surface area contributed by atoms with Gasteiger partial charge >= 0.3 is 0 Å². The molecule has 2 nitrogen and oxygen atoms in total. The summed E-state index contributed by atoms with van der Waals surface area (Å²) in [5.74, 6) is 0.920. The van der Waals surface area contributed by atoms with Crippen LogP contribution in [-0.4, -0.2) is 6.61 Å². The maximum Gasteiger partial charge on any atom is 0.113 e. The first-order valence-corrected chi connectivity index (χ1v) is 5.34. The van der Waals surface area contributed by atoms with Crippen LogP contribution in [0.15, 0.2) is 30.0 Å². The summed E-state index contributed by atoms with van der Waals surface area (Å²) in [4.78, 5) is 0. The number of ether oxygens (including phenoxy) is 1. The summed E-state index contributed by atoms with van der Waals surface area (Å²) in [6.07, 6.45) is 3.07. The Balaban J connectivity index is 2.32. The molecular weight excluding hydrogens is 186 g/mol. The summed E-state index contributed by atoms with van der Waals surface area (Å²) in [5.41, 5.74) is 9.89. The quantitative estimate of drug-likeness (QED) is 0.802. The van der Waals surface area contributed by atoms with E-state index in [1.165, 1.54) is 16.7 Å². The number of rotatable bonds is 2. The molecule has 80 valence electrons. The molecule has 1 aromatic rings. The summed E-state index contributed by atoms with van der Waals surface area (Å²) in [5, 5.41) is 0. The third kappa shape index (κ3) is 1.90. The Morgan fingerprint density at radius 2 is 2.13 bits per heavy atom. The average molecular weight is 203 g/mol. The van der Waals surface area contributed by atoms with E-state index in [4.69, 9.17) is 10.5 Å². The molecular formula is C13H17NO. The third-order valence-electron chi connectivity index (χ3n) is 3.02. The zero-order chi connectivity index (χ0) is 10.8. The van der Waals surface area contributed by atoms with Crippen molar-refractivity contribution in [1.82, 2.24) is 0 Å². The van der Waals surface area contributed by atoms with Gasteiger partial charge in [-0.1, -0.05) is 18.2 Å². The molecule has 0 amide bonds. The number of aryl methyl sites for hydroxylation is 1. The number of nitrogens with two attached hydrogens (primary N) is 1. The monoisotopic (exact) mass is 203 g/mol. The molecule has 1 heterocycles. The van der Waals surface area contributed by atoms with Crippen molar-refractivity contribution in [2.75, 3.05) is 6.61 Å². The first-order chi connectivity index (χ1) is 7.20. The lowest BCUT2D eigenvalue weighted by Crippen LogP contribution is -2.15. The second kappa shape index (κ2) is 4.07. The highest BCUT2D eigenvalue weighted by Gasteiger charge is 2.18. The molecule has 2 heteroatoms.